The molecule has 8 nitrogen and oxygen atoms in total. The standard InChI is InChI=1S/C22H23ClFN5O3/c23-18-3-1-15(11-20(18)29(31)32)13-25-17-5-7-27(8-6-17)9-10-28-21-12-16(24)2-4-19(21)26-14-22(28)30/h1-4,11-12,14,17,25H,5-10,13H2. The lowest BCUT2D eigenvalue weighted by Crippen LogP contribution is -2.43. The van der Waals surface area contributed by atoms with E-state index in [9.17, 15) is 19.3 Å². The van der Waals surface area contributed by atoms with Crippen molar-refractivity contribution in [3.63, 3.8) is 0 Å². The molecule has 0 radical (unpaired) electrons. The zero-order chi connectivity index (χ0) is 22.7. The van der Waals surface area contributed by atoms with Gasteiger partial charge in [-0.25, -0.2) is 9.37 Å². The summed E-state index contributed by atoms with van der Waals surface area (Å²) in [4.78, 5) is 29.2. The van der Waals surface area contributed by atoms with Crippen molar-refractivity contribution in [1.82, 2.24) is 19.8 Å². The van der Waals surface area contributed by atoms with E-state index in [2.05, 4.69) is 15.2 Å². The number of nitro groups is 1. The Labute approximate surface area is 188 Å². The van der Waals surface area contributed by atoms with Gasteiger partial charge in [-0.3, -0.25) is 14.9 Å². The zero-order valence-electron chi connectivity index (χ0n) is 17.3. The van der Waals surface area contributed by atoms with Crippen LogP contribution in [0.1, 0.15) is 18.4 Å². The Morgan fingerprint density at radius 1 is 1.19 bits per heavy atom. The first-order chi connectivity index (χ1) is 15.4. The van der Waals surface area contributed by atoms with Crippen LogP contribution < -0.4 is 10.9 Å². The molecule has 0 atom stereocenters. The maximum atomic E-state index is 13.7. The second-order valence-electron chi connectivity index (χ2n) is 7.92. The minimum atomic E-state index is -0.476. The fourth-order valence-electron chi connectivity index (χ4n) is 4.04. The highest BCUT2D eigenvalue weighted by atomic mass is 35.5. The number of rotatable bonds is 7. The Hall–Kier alpha value is -2.88. The third-order valence-corrected chi connectivity index (χ3v) is 6.16. The van der Waals surface area contributed by atoms with Gasteiger partial charge < -0.3 is 14.8 Å². The average molecular weight is 460 g/mol. The number of hydrogen-bond donors (Lipinski definition) is 1. The number of likely N-dealkylation sites (tertiary alicyclic amines) is 1. The predicted molar refractivity (Wildman–Crippen MR) is 120 cm³/mol. The molecule has 1 saturated heterocycles. The Balaban J connectivity index is 1.30. The molecule has 0 aliphatic carbocycles. The van der Waals surface area contributed by atoms with Gasteiger partial charge in [-0.1, -0.05) is 17.7 Å². The lowest BCUT2D eigenvalue weighted by atomic mass is 10.0. The van der Waals surface area contributed by atoms with Gasteiger partial charge in [-0.05, 0) is 55.8 Å². The van der Waals surface area contributed by atoms with Crippen LogP contribution in [-0.4, -0.2) is 45.1 Å². The summed E-state index contributed by atoms with van der Waals surface area (Å²) in [6.45, 7) is 3.42. The zero-order valence-corrected chi connectivity index (χ0v) is 18.1. The summed E-state index contributed by atoms with van der Waals surface area (Å²) in [5, 5.41) is 14.6. The van der Waals surface area contributed by atoms with Crippen molar-refractivity contribution in [3.05, 3.63) is 79.5 Å². The number of nitrogens with one attached hydrogen (secondary N) is 1. The number of hydrogen-bond acceptors (Lipinski definition) is 6. The molecule has 2 heterocycles. The van der Waals surface area contributed by atoms with Gasteiger partial charge in [0.2, 0.25) is 0 Å². The minimum Gasteiger partial charge on any atom is -0.310 e. The Morgan fingerprint density at radius 3 is 2.72 bits per heavy atom. The molecule has 168 valence electrons. The molecule has 32 heavy (non-hydrogen) atoms. The van der Waals surface area contributed by atoms with Gasteiger partial charge in [-0.15, -0.1) is 0 Å². The number of nitrogens with zero attached hydrogens (tertiary/aromatic N) is 4. The third-order valence-electron chi connectivity index (χ3n) is 5.84. The molecule has 1 N–H and O–H groups in total. The highest BCUT2D eigenvalue weighted by Crippen LogP contribution is 2.25. The number of aromatic nitrogens is 2. The van der Waals surface area contributed by atoms with E-state index in [1.165, 1.54) is 24.4 Å². The van der Waals surface area contributed by atoms with Gasteiger partial charge in [0.25, 0.3) is 11.2 Å². The first-order valence-electron chi connectivity index (χ1n) is 10.4. The van der Waals surface area contributed by atoms with Crippen molar-refractivity contribution in [2.45, 2.75) is 32.0 Å². The fraction of sp³-hybridized carbons (Fsp3) is 0.364. The van der Waals surface area contributed by atoms with Crippen LogP contribution in [0.2, 0.25) is 5.02 Å². The summed E-state index contributed by atoms with van der Waals surface area (Å²) in [5.41, 5.74) is 1.60. The second kappa shape index (κ2) is 9.72. The molecule has 10 heteroatoms. The highest BCUT2D eigenvalue weighted by molar-refractivity contribution is 6.32. The van der Waals surface area contributed by atoms with Crippen LogP contribution in [0, 0.1) is 15.9 Å². The predicted octanol–water partition coefficient (Wildman–Crippen LogP) is 3.35. The number of halogens is 2. The van der Waals surface area contributed by atoms with E-state index in [1.807, 2.05) is 0 Å². The van der Waals surface area contributed by atoms with E-state index in [1.54, 1.807) is 22.8 Å². The molecule has 0 bridgehead atoms. The third kappa shape index (κ3) is 5.12. The molecule has 1 aliphatic rings. The van der Waals surface area contributed by atoms with E-state index in [-0.39, 0.29) is 16.3 Å². The van der Waals surface area contributed by atoms with E-state index >= 15 is 0 Å². The van der Waals surface area contributed by atoms with E-state index in [0.29, 0.717) is 36.7 Å². The summed E-state index contributed by atoms with van der Waals surface area (Å²) >= 11 is 5.87. The SMILES string of the molecule is O=c1cnc2ccc(F)cc2n1CCN1CCC(NCc2ccc(Cl)c([N+](=O)[O-])c2)CC1. The van der Waals surface area contributed by atoms with Gasteiger partial charge in [0.1, 0.15) is 10.8 Å². The second-order valence-corrected chi connectivity index (χ2v) is 8.33. The van der Waals surface area contributed by atoms with Crippen LogP contribution in [0.3, 0.4) is 0 Å². The highest BCUT2D eigenvalue weighted by Gasteiger charge is 2.20. The lowest BCUT2D eigenvalue weighted by Gasteiger charge is -2.32. The molecule has 1 aromatic heterocycles. The molecule has 1 fully saturated rings. The summed E-state index contributed by atoms with van der Waals surface area (Å²) in [6.07, 6.45) is 3.13. The minimum absolute atomic E-state index is 0.0838. The van der Waals surface area contributed by atoms with Crippen LogP contribution in [0.25, 0.3) is 11.0 Å². The molecule has 1 aliphatic heterocycles. The summed E-state index contributed by atoms with van der Waals surface area (Å²) in [5.74, 6) is -0.392. The average Bonchev–Trinajstić information content (AvgIpc) is 2.78. The maximum absolute atomic E-state index is 13.7. The van der Waals surface area contributed by atoms with Crippen LogP contribution in [0.5, 0.6) is 0 Å². The molecule has 0 spiro atoms. The molecule has 0 saturated carbocycles. The van der Waals surface area contributed by atoms with Crippen LogP contribution in [0.15, 0.2) is 47.4 Å². The molecule has 3 aromatic rings. The monoisotopic (exact) mass is 459 g/mol. The number of benzene rings is 2. The largest absolute Gasteiger partial charge is 0.310 e. The van der Waals surface area contributed by atoms with E-state index in [0.717, 1.165) is 31.5 Å². The summed E-state index contributed by atoms with van der Waals surface area (Å²) < 4.78 is 15.2. The van der Waals surface area contributed by atoms with Crippen molar-refractivity contribution >= 4 is 28.3 Å². The Kier molecular flexibility index (Phi) is 6.78. The van der Waals surface area contributed by atoms with Crippen LogP contribution in [-0.2, 0) is 13.1 Å². The van der Waals surface area contributed by atoms with Crippen LogP contribution in [0.4, 0.5) is 10.1 Å². The van der Waals surface area contributed by atoms with E-state index in [4.69, 9.17) is 11.6 Å². The van der Waals surface area contributed by atoms with Gasteiger partial charge in [0, 0.05) is 31.7 Å². The number of nitro benzene ring substituents is 1. The quantitative estimate of drug-likeness (QED) is 0.430. The lowest BCUT2D eigenvalue weighted by molar-refractivity contribution is -0.384. The Bertz CT molecular complexity index is 1190. The molecular weight excluding hydrogens is 437 g/mol. The van der Waals surface area contributed by atoms with Crippen LogP contribution >= 0.6 is 11.6 Å². The Morgan fingerprint density at radius 2 is 1.97 bits per heavy atom. The normalized spacial score (nSPS) is 15.3. The maximum Gasteiger partial charge on any atom is 0.288 e. The number of piperidine rings is 1. The molecule has 0 unspecified atom stereocenters. The van der Waals surface area contributed by atoms with Crippen molar-refractivity contribution < 1.29 is 9.31 Å². The number of fused-ring (bicyclic) bond motifs is 1. The first kappa shape index (κ1) is 22.3. The van der Waals surface area contributed by atoms with Crippen molar-refractivity contribution in [2.75, 3.05) is 19.6 Å². The molecular formula is C22H23ClFN5O3. The molecule has 0 amide bonds. The fourth-order valence-corrected chi connectivity index (χ4v) is 4.22. The van der Waals surface area contributed by atoms with Gasteiger partial charge in [-0.2, -0.15) is 0 Å². The summed E-state index contributed by atoms with van der Waals surface area (Å²) in [7, 11) is 0. The van der Waals surface area contributed by atoms with Gasteiger partial charge in [0.15, 0.2) is 0 Å². The van der Waals surface area contributed by atoms with Crippen molar-refractivity contribution in [3.8, 4) is 0 Å². The topological polar surface area (TPSA) is 93.3 Å². The molecule has 4 rings (SSSR count). The van der Waals surface area contributed by atoms with E-state index < -0.39 is 10.7 Å². The van der Waals surface area contributed by atoms with Crippen molar-refractivity contribution in [2.24, 2.45) is 0 Å². The molecule has 2 aromatic carbocycles. The van der Waals surface area contributed by atoms with Crippen molar-refractivity contribution in [1.29, 1.82) is 0 Å². The first-order valence-corrected chi connectivity index (χ1v) is 10.8. The van der Waals surface area contributed by atoms with Gasteiger partial charge >= 0.3 is 0 Å². The van der Waals surface area contributed by atoms with Gasteiger partial charge in [0.05, 0.1) is 22.2 Å². The summed E-state index contributed by atoms with van der Waals surface area (Å²) in [6, 6.07) is 9.41. The smallest absolute Gasteiger partial charge is 0.288 e.